The van der Waals surface area contributed by atoms with Crippen LogP contribution >= 0.6 is 12.4 Å². The van der Waals surface area contributed by atoms with Gasteiger partial charge >= 0.3 is 0 Å². The highest BCUT2D eigenvalue weighted by atomic mass is 35.5. The molecule has 0 amide bonds. The maximum atomic E-state index is 4.69. The van der Waals surface area contributed by atoms with E-state index in [9.17, 15) is 0 Å². The Hall–Kier alpha value is -0.700. The maximum absolute atomic E-state index is 4.69. The molecule has 1 N–H and O–H groups in total. The highest BCUT2D eigenvalue weighted by Gasteiger charge is 1.83. The lowest BCUT2D eigenvalue weighted by molar-refractivity contribution is 0.384. The van der Waals surface area contributed by atoms with Gasteiger partial charge in [0.25, 0.3) is 6.01 Å². The summed E-state index contributed by atoms with van der Waals surface area (Å²) in [4.78, 5) is 6.51. The maximum Gasteiger partial charge on any atom is 0.293 e. The average Bonchev–Trinajstić information content (AvgIpc) is 2.14. The van der Waals surface area contributed by atoms with Crippen LogP contribution in [0, 0.1) is 0 Å². The summed E-state index contributed by atoms with van der Waals surface area (Å²) >= 11 is 0. The van der Waals surface area contributed by atoms with Gasteiger partial charge in [0.15, 0.2) is 0 Å². The van der Waals surface area contributed by atoms with Gasteiger partial charge in [-0.1, -0.05) is 0 Å². The van der Waals surface area contributed by atoms with Crippen LogP contribution < -0.4 is 4.74 Å². The van der Waals surface area contributed by atoms with Gasteiger partial charge in [-0.2, -0.15) is 0 Å². The van der Waals surface area contributed by atoms with Gasteiger partial charge in [0, 0.05) is 12.4 Å². The second-order valence-corrected chi connectivity index (χ2v) is 1.10. The summed E-state index contributed by atoms with van der Waals surface area (Å²) < 4.78 is 4.69. The van der Waals surface area contributed by atoms with Crippen molar-refractivity contribution in [2.75, 3.05) is 7.11 Å². The average molecular weight is 135 g/mol. The zero-order valence-corrected chi connectivity index (χ0v) is 5.23. The number of nitrogens with zero attached hydrogens (tertiary/aromatic N) is 1. The van der Waals surface area contributed by atoms with Gasteiger partial charge in [0.1, 0.15) is 0 Å². The molecule has 4 heteroatoms. The van der Waals surface area contributed by atoms with Crippen molar-refractivity contribution in [3.63, 3.8) is 0 Å². The number of aromatic amines is 1. The molecule has 0 aliphatic heterocycles. The summed E-state index contributed by atoms with van der Waals surface area (Å²) in [7, 11) is 1.57. The number of H-pyrrole nitrogens is 1. The van der Waals surface area contributed by atoms with E-state index in [-0.39, 0.29) is 12.4 Å². The summed E-state index contributed by atoms with van der Waals surface area (Å²) in [6, 6.07) is 0.556. The Morgan fingerprint density at radius 1 is 1.75 bits per heavy atom. The lowest BCUT2D eigenvalue weighted by Crippen LogP contribution is -1.81. The van der Waals surface area contributed by atoms with Crippen LogP contribution in [0.15, 0.2) is 12.4 Å². The first kappa shape index (κ1) is 7.30. The summed E-state index contributed by atoms with van der Waals surface area (Å²) in [5.41, 5.74) is 0. The highest BCUT2D eigenvalue weighted by Crippen LogP contribution is 1.93. The molecule has 0 spiro atoms. The molecule has 0 aliphatic carbocycles. The largest absolute Gasteiger partial charge is 0.468 e. The number of methoxy groups -OCH3 is 1. The van der Waals surface area contributed by atoms with Crippen LogP contribution in [0.5, 0.6) is 6.01 Å². The van der Waals surface area contributed by atoms with Crippen LogP contribution in [-0.2, 0) is 0 Å². The van der Waals surface area contributed by atoms with E-state index in [1.807, 2.05) is 0 Å². The van der Waals surface area contributed by atoms with Crippen LogP contribution in [0.1, 0.15) is 0 Å². The van der Waals surface area contributed by atoms with Crippen molar-refractivity contribution in [2.24, 2.45) is 0 Å². The Kier molecular flexibility index (Phi) is 3.03. The Balaban J connectivity index is 0.000000490. The van der Waals surface area contributed by atoms with Crippen molar-refractivity contribution >= 4 is 12.4 Å². The van der Waals surface area contributed by atoms with Crippen molar-refractivity contribution < 1.29 is 4.74 Å². The SMILES string of the molecule is COc1ncc[nH]1.Cl. The Bertz CT molecular complexity index is 129. The molecule has 0 saturated heterocycles. The van der Waals surface area contributed by atoms with E-state index >= 15 is 0 Å². The molecule has 0 radical (unpaired) electrons. The Morgan fingerprint density at radius 3 is 2.75 bits per heavy atom. The van der Waals surface area contributed by atoms with E-state index in [0.29, 0.717) is 6.01 Å². The van der Waals surface area contributed by atoms with E-state index in [0.717, 1.165) is 0 Å². The van der Waals surface area contributed by atoms with Gasteiger partial charge in [-0.15, -0.1) is 12.4 Å². The molecule has 1 heterocycles. The number of imidazole rings is 1. The topological polar surface area (TPSA) is 37.9 Å². The van der Waals surface area contributed by atoms with Crippen molar-refractivity contribution in [1.82, 2.24) is 9.97 Å². The first-order valence-corrected chi connectivity index (χ1v) is 1.97. The molecule has 0 aliphatic rings. The van der Waals surface area contributed by atoms with Gasteiger partial charge in [-0.05, 0) is 0 Å². The third-order valence-corrected chi connectivity index (χ3v) is 0.666. The predicted octanol–water partition coefficient (Wildman–Crippen LogP) is 0.840. The molecular weight excluding hydrogens is 128 g/mol. The fraction of sp³-hybridized carbons (Fsp3) is 0.250. The van der Waals surface area contributed by atoms with E-state index in [4.69, 9.17) is 0 Å². The van der Waals surface area contributed by atoms with Crippen molar-refractivity contribution in [3.05, 3.63) is 12.4 Å². The molecule has 0 atom stereocenters. The molecule has 0 aromatic carbocycles. The lowest BCUT2D eigenvalue weighted by Gasteiger charge is -1.85. The molecule has 0 unspecified atom stereocenters. The third kappa shape index (κ3) is 1.42. The first-order chi connectivity index (χ1) is 3.43. The first-order valence-electron chi connectivity index (χ1n) is 1.97. The van der Waals surface area contributed by atoms with Crippen molar-refractivity contribution in [1.29, 1.82) is 0 Å². The van der Waals surface area contributed by atoms with Crippen LogP contribution in [0.25, 0.3) is 0 Å². The Morgan fingerprint density at radius 2 is 2.50 bits per heavy atom. The highest BCUT2D eigenvalue weighted by molar-refractivity contribution is 5.85. The zero-order valence-electron chi connectivity index (χ0n) is 4.42. The quantitative estimate of drug-likeness (QED) is 0.618. The summed E-state index contributed by atoms with van der Waals surface area (Å²) in [6.07, 6.45) is 3.34. The van der Waals surface area contributed by atoms with Gasteiger partial charge < -0.3 is 9.72 Å². The van der Waals surface area contributed by atoms with Gasteiger partial charge in [-0.3, -0.25) is 0 Å². The van der Waals surface area contributed by atoms with Crippen LogP contribution in [0.3, 0.4) is 0 Å². The van der Waals surface area contributed by atoms with Crippen molar-refractivity contribution in [3.8, 4) is 6.01 Å². The third-order valence-electron chi connectivity index (χ3n) is 0.666. The molecule has 0 bridgehead atoms. The van der Waals surface area contributed by atoms with Gasteiger partial charge in [0.05, 0.1) is 7.11 Å². The predicted molar refractivity (Wildman–Crippen MR) is 32.4 cm³/mol. The molecule has 0 saturated carbocycles. The standard InChI is InChI=1S/C4H6N2O.ClH/c1-7-4-5-2-3-6-4;/h2-3H,1H3,(H,5,6);1H. The number of halogens is 1. The molecule has 1 aromatic rings. The molecule has 8 heavy (non-hydrogen) atoms. The molecular formula is C4H7ClN2O. The minimum Gasteiger partial charge on any atom is -0.468 e. The van der Waals surface area contributed by atoms with Crippen LogP contribution in [0.4, 0.5) is 0 Å². The minimum absolute atomic E-state index is 0. The van der Waals surface area contributed by atoms with Gasteiger partial charge in [-0.25, -0.2) is 4.98 Å². The second-order valence-electron chi connectivity index (χ2n) is 1.10. The molecule has 1 rings (SSSR count). The van der Waals surface area contributed by atoms with E-state index in [2.05, 4.69) is 14.7 Å². The smallest absolute Gasteiger partial charge is 0.293 e. The number of hydrogen-bond acceptors (Lipinski definition) is 2. The molecule has 1 aromatic heterocycles. The number of hydrogen-bond donors (Lipinski definition) is 1. The van der Waals surface area contributed by atoms with E-state index in [1.54, 1.807) is 19.5 Å². The van der Waals surface area contributed by atoms with Crippen LogP contribution in [0.2, 0.25) is 0 Å². The van der Waals surface area contributed by atoms with Crippen LogP contribution in [-0.4, -0.2) is 17.1 Å². The molecule has 3 nitrogen and oxygen atoms in total. The lowest BCUT2D eigenvalue weighted by atomic mass is 11.0. The second kappa shape index (κ2) is 3.32. The number of rotatable bonds is 1. The Labute approximate surface area is 53.5 Å². The summed E-state index contributed by atoms with van der Waals surface area (Å²) in [5, 5.41) is 0. The van der Waals surface area contributed by atoms with E-state index in [1.165, 1.54) is 0 Å². The normalized spacial score (nSPS) is 7.62. The van der Waals surface area contributed by atoms with E-state index < -0.39 is 0 Å². The monoisotopic (exact) mass is 134 g/mol. The minimum atomic E-state index is 0. The number of aromatic nitrogens is 2. The van der Waals surface area contributed by atoms with Crippen molar-refractivity contribution in [2.45, 2.75) is 0 Å². The fourth-order valence-electron chi connectivity index (χ4n) is 0.362. The summed E-state index contributed by atoms with van der Waals surface area (Å²) in [5.74, 6) is 0. The fourth-order valence-corrected chi connectivity index (χ4v) is 0.362. The van der Waals surface area contributed by atoms with Gasteiger partial charge in [0.2, 0.25) is 0 Å². The zero-order chi connectivity index (χ0) is 5.11. The number of nitrogens with one attached hydrogen (secondary N) is 1. The summed E-state index contributed by atoms with van der Waals surface area (Å²) in [6.45, 7) is 0. The number of ether oxygens (including phenoxy) is 1. The molecule has 0 fully saturated rings. The molecule has 46 valence electrons.